The Balaban J connectivity index is 1.07. The van der Waals surface area contributed by atoms with Crippen LogP contribution in [0.25, 0.3) is 99.1 Å². The Bertz CT molecular complexity index is 4070. The zero-order valence-electron chi connectivity index (χ0n) is 42.4. The van der Waals surface area contributed by atoms with E-state index in [4.69, 9.17) is 4.42 Å². The van der Waals surface area contributed by atoms with Crippen molar-refractivity contribution in [3.05, 3.63) is 249 Å². The van der Waals surface area contributed by atoms with Gasteiger partial charge in [-0.05, 0) is 97.0 Å². The molecule has 0 N–H and O–H groups in total. The first kappa shape index (κ1) is 29.7. The lowest BCUT2D eigenvalue weighted by Crippen LogP contribution is -2.11. The van der Waals surface area contributed by atoms with Gasteiger partial charge in [0.15, 0.2) is 0 Å². The SMILES string of the molecule is [2H]c1c([2H])c(N(c2ccccc2-c2cccc3c2oc2c4ccccc4ccc32)c2c([2H])c([2H])c(-c3ccc(-c4cccc5ccccc45)cc3)c([2H])c2[2H])c([2H])c([2H])c1-c1ccc(-c2ccccc2)cc1. The lowest BCUT2D eigenvalue weighted by atomic mass is 9.96. The summed E-state index contributed by atoms with van der Waals surface area (Å²) in [6, 6.07) is 60.9. The normalized spacial score (nSPS) is 13.2. The van der Waals surface area contributed by atoms with Crippen molar-refractivity contribution in [2.75, 3.05) is 4.90 Å². The van der Waals surface area contributed by atoms with Crippen molar-refractivity contribution in [2.45, 2.75) is 0 Å². The summed E-state index contributed by atoms with van der Waals surface area (Å²) in [5.74, 6) is 0. The van der Waals surface area contributed by atoms with Crippen molar-refractivity contribution in [1.29, 1.82) is 0 Å². The Morgan fingerprint density at radius 2 is 0.734 bits per heavy atom. The summed E-state index contributed by atoms with van der Waals surface area (Å²) in [7, 11) is 0. The van der Waals surface area contributed by atoms with Crippen LogP contribution in [0.1, 0.15) is 11.0 Å². The minimum atomic E-state index is -0.426. The average molecular weight is 824 g/mol. The van der Waals surface area contributed by atoms with Crippen molar-refractivity contribution >= 4 is 60.5 Å². The molecular weight excluding hydrogens is 775 g/mol. The first-order chi connectivity index (χ1) is 35.1. The maximum Gasteiger partial charge on any atom is 0.143 e. The highest BCUT2D eigenvalue weighted by Crippen LogP contribution is 2.46. The van der Waals surface area contributed by atoms with Crippen LogP contribution in [0.2, 0.25) is 0 Å². The Kier molecular flexibility index (Phi) is 7.33. The molecule has 0 saturated heterocycles. The van der Waals surface area contributed by atoms with Crippen LogP contribution in [0.5, 0.6) is 0 Å². The van der Waals surface area contributed by atoms with Crippen LogP contribution in [0.4, 0.5) is 17.1 Å². The van der Waals surface area contributed by atoms with E-state index in [1.165, 1.54) is 4.90 Å². The van der Waals surface area contributed by atoms with Gasteiger partial charge in [0.05, 0.1) is 16.7 Å². The highest BCUT2D eigenvalue weighted by Gasteiger charge is 2.21. The van der Waals surface area contributed by atoms with E-state index in [9.17, 15) is 11.0 Å². The highest BCUT2D eigenvalue weighted by molar-refractivity contribution is 6.17. The molecule has 0 aliphatic heterocycles. The van der Waals surface area contributed by atoms with Crippen LogP contribution >= 0.6 is 0 Å². The fourth-order valence-corrected chi connectivity index (χ4v) is 8.86. The molecule has 2 nitrogen and oxygen atoms in total. The van der Waals surface area contributed by atoms with E-state index in [0.29, 0.717) is 39.1 Å². The van der Waals surface area contributed by atoms with Gasteiger partial charge in [-0.15, -0.1) is 0 Å². The van der Waals surface area contributed by atoms with E-state index in [1.54, 1.807) is 36.4 Å². The van der Waals surface area contributed by atoms with Gasteiger partial charge in [-0.25, -0.2) is 0 Å². The fourth-order valence-electron chi connectivity index (χ4n) is 8.86. The zero-order valence-corrected chi connectivity index (χ0v) is 34.4. The number of hydrogen-bond acceptors (Lipinski definition) is 2. The van der Waals surface area contributed by atoms with Gasteiger partial charge in [0, 0.05) is 38.7 Å². The smallest absolute Gasteiger partial charge is 0.143 e. The molecular formula is C62H41NO. The topological polar surface area (TPSA) is 16.4 Å². The summed E-state index contributed by atoms with van der Waals surface area (Å²) >= 11 is 0. The van der Waals surface area contributed by atoms with Gasteiger partial charge in [-0.1, -0.05) is 212 Å². The van der Waals surface area contributed by atoms with E-state index >= 15 is 0 Å². The number of furan rings is 1. The molecule has 300 valence electrons. The quantitative estimate of drug-likeness (QED) is 0.152. The number of nitrogens with zero attached hydrogens (tertiary/aromatic N) is 1. The third-order valence-electron chi connectivity index (χ3n) is 12.0. The summed E-state index contributed by atoms with van der Waals surface area (Å²) < 4.78 is 84.4. The molecule has 0 spiro atoms. The second-order valence-electron chi connectivity index (χ2n) is 15.8. The summed E-state index contributed by atoms with van der Waals surface area (Å²) in [5.41, 5.74) is 7.25. The Hall–Kier alpha value is -8.46. The van der Waals surface area contributed by atoms with Gasteiger partial charge in [-0.2, -0.15) is 0 Å². The molecule has 0 aliphatic carbocycles. The molecule has 0 unspecified atom stereocenters. The van der Waals surface area contributed by atoms with E-state index in [1.807, 2.05) is 140 Å². The van der Waals surface area contributed by atoms with Crippen molar-refractivity contribution < 1.29 is 15.4 Å². The van der Waals surface area contributed by atoms with E-state index in [-0.39, 0.29) is 46.7 Å². The molecule has 0 saturated carbocycles. The van der Waals surface area contributed by atoms with Crippen LogP contribution in [-0.2, 0) is 0 Å². The van der Waals surface area contributed by atoms with Gasteiger partial charge < -0.3 is 9.32 Å². The van der Waals surface area contributed by atoms with Crippen LogP contribution in [0.15, 0.2) is 253 Å². The molecule has 11 aromatic carbocycles. The summed E-state index contributed by atoms with van der Waals surface area (Å²) in [5, 5.41) is 5.89. The Labute approximate surface area is 383 Å². The highest BCUT2D eigenvalue weighted by atomic mass is 16.3. The van der Waals surface area contributed by atoms with Gasteiger partial charge in [-0.3, -0.25) is 0 Å². The molecule has 2 heteroatoms. The molecule has 0 aliphatic rings. The van der Waals surface area contributed by atoms with Gasteiger partial charge in [0.25, 0.3) is 0 Å². The second-order valence-corrected chi connectivity index (χ2v) is 15.8. The van der Waals surface area contributed by atoms with Crippen LogP contribution < -0.4 is 4.90 Å². The van der Waals surface area contributed by atoms with Crippen molar-refractivity contribution in [1.82, 2.24) is 0 Å². The van der Waals surface area contributed by atoms with Gasteiger partial charge >= 0.3 is 0 Å². The van der Waals surface area contributed by atoms with Gasteiger partial charge in [0.2, 0.25) is 0 Å². The molecule has 12 rings (SSSR count). The first-order valence-electron chi connectivity index (χ1n) is 25.3. The van der Waals surface area contributed by atoms with Gasteiger partial charge in [0.1, 0.15) is 11.2 Å². The maximum atomic E-state index is 9.82. The summed E-state index contributed by atoms with van der Waals surface area (Å²) in [6.45, 7) is 0. The zero-order chi connectivity index (χ0) is 49.4. The second kappa shape index (κ2) is 15.8. The molecule has 0 bridgehead atoms. The molecule has 0 radical (unpaired) electrons. The predicted octanol–water partition coefficient (Wildman–Crippen LogP) is 17.7. The number of rotatable bonds is 8. The lowest BCUT2D eigenvalue weighted by molar-refractivity contribution is 0.674. The van der Waals surface area contributed by atoms with E-state index in [2.05, 4.69) is 24.3 Å². The van der Waals surface area contributed by atoms with Crippen LogP contribution in [0, 0.1) is 0 Å². The number of fused-ring (bicyclic) bond motifs is 6. The van der Waals surface area contributed by atoms with Crippen molar-refractivity contribution in [3.63, 3.8) is 0 Å². The van der Waals surface area contributed by atoms with E-state index in [0.717, 1.165) is 54.6 Å². The molecule has 64 heavy (non-hydrogen) atoms. The van der Waals surface area contributed by atoms with Crippen molar-refractivity contribution in [2.24, 2.45) is 0 Å². The third kappa shape index (κ3) is 6.61. The number of anilines is 3. The Morgan fingerprint density at radius 3 is 1.42 bits per heavy atom. The molecule has 0 atom stereocenters. The van der Waals surface area contributed by atoms with Crippen LogP contribution in [-0.4, -0.2) is 0 Å². The third-order valence-corrected chi connectivity index (χ3v) is 12.0. The van der Waals surface area contributed by atoms with Crippen molar-refractivity contribution in [3.8, 4) is 55.6 Å². The average Bonchev–Trinajstić information content (AvgIpc) is 3.82. The van der Waals surface area contributed by atoms with E-state index < -0.39 is 24.2 Å². The predicted molar refractivity (Wildman–Crippen MR) is 271 cm³/mol. The Morgan fingerprint density at radius 1 is 0.281 bits per heavy atom. The van der Waals surface area contributed by atoms with Crippen LogP contribution in [0.3, 0.4) is 0 Å². The first-order valence-corrected chi connectivity index (χ1v) is 21.3. The summed E-state index contributed by atoms with van der Waals surface area (Å²) in [4.78, 5) is 1.38. The molecule has 12 aromatic rings. The maximum absolute atomic E-state index is 9.82. The minimum absolute atomic E-state index is 0.0829. The molecule has 1 heterocycles. The fraction of sp³-hybridized carbons (Fsp3) is 0. The number of para-hydroxylation sites is 2. The molecule has 1 aromatic heterocycles. The summed E-state index contributed by atoms with van der Waals surface area (Å²) in [6.07, 6.45) is 0. The lowest BCUT2D eigenvalue weighted by Gasteiger charge is -2.28. The monoisotopic (exact) mass is 823 g/mol. The standard InChI is InChI=1S/C62H41NO/c1-2-12-42(13-3-1)43-24-26-44(27-25-43)46-32-37-51(38-33-46)63(52-39-34-47(35-40-52)45-28-30-50(31-29-45)54-20-10-16-48-14-4-6-17-53(48)54)60-23-9-8-19-56(60)57-21-11-22-58-59-41-36-49-15-5-7-18-55(49)61(59)64-62(57)58/h1-41H/i32D,33D,34D,35D,37D,38D,39D,40D. The number of hydrogen-bond donors (Lipinski definition) is 0. The minimum Gasteiger partial charge on any atom is -0.455 e. The largest absolute Gasteiger partial charge is 0.455 e. The molecule has 0 amide bonds. The number of benzene rings is 11. The molecule has 0 fully saturated rings.